The number of nitrogens with two attached hydrogens (primary N) is 1. The standard InChI is InChI=1S/C11H11N3O2/c1-16-9-4-2-3-7(10(9)12)11(15)8-5-6-13-14-8/h2-6H,12H2,1H3,(H,13,14). The summed E-state index contributed by atoms with van der Waals surface area (Å²) in [6.07, 6.45) is 1.52. The van der Waals surface area contributed by atoms with E-state index in [9.17, 15) is 4.79 Å². The molecule has 0 aliphatic carbocycles. The van der Waals surface area contributed by atoms with Gasteiger partial charge in [0.05, 0.1) is 18.4 Å². The number of carbonyl (C=O) groups excluding carboxylic acids is 1. The van der Waals surface area contributed by atoms with E-state index >= 15 is 0 Å². The molecule has 1 heterocycles. The molecule has 0 radical (unpaired) electrons. The van der Waals surface area contributed by atoms with Crippen LogP contribution in [0, 0.1) is 0 Å². The Balaban J connectivity index is 2.45. The van der Waals surface area contributed by atoms with E-state index in [4.69, 9.17) is 10.5 Å². The van der Waals surface area contributed by atoms with Crippen LogP contribution in [0.2, 0.25) is 0 Å². The highest BCUT2D eigenvalue weighted by atomic mass is 16.5. The predicted molar refractivity (Wildman–Crippen MR) is 59.4 cm³/mol. The SMILES string of the molecule is COc1cccc(C(=O)c2ccn[nH]2)c1N. The third-order valence-electron chi connectivity index (χ3n) is 2.28. The van der Waals surface area contributed by atoms with Crippen molar-refractivity contribution < 1.29 is 9.53 Å². The number of aromatic nitrogens is 2. The van der Waals surface area contributed by atoms with E-state index in [1.54, 1.807) is 24.3 Å². The molecule has 0 aliphatic rings. The van der Waals surface area contributed by atoms with E-state index in [-0.39, 0.29) is 5.78 Å². The van der Waals surface area contributed by atoms with Gasteiger partial charge >= 0.3 is 0 Å². The van der Waals surface area contributed by atoms with Crippen molar-refractivity contribution in [1.29, 1.82) is 0 Å². The zero-order valence-corrected chi connectivity index (χ0v) is 8.73. The lowest BCUT2D eigenvalue weighted by molar-refractivity contribution is 0.103. The van der Waals surface area contributed by atoms with Crippen LogP contribution in [0.3, 0.4) is 0 Å². The van der Waals surface area contributed by atoms with Gasteiger partial charge in [0, 0.05) is 6.20 Å². The van der Waals surface area contributed by atoms with Gasteiger partial charge in [0.2, 0.25) is 5.78 Å². The number of nitrogens with one attached hydrogen (secondary N) is 1. The van der Waals surface area contributed by atoms with Crippen molar-refractivity contribution in [2.75, 3.05) is 12.8 Å². The van der Waals surface area contributed by atoms with Gasteiger partial charge in [-0.3, -0.25) is 9.89 Å². The van der Waals surface area contributed by atoms with Crippen LogP contribution in [0.5, 0.6) is 5.75 Å². The average Bonchev–Trinajstić information content (AvgIpc) is 2.82. The Hall–Kier alpha value is -2.30. The number of benzene rings is 1. The van der Waals surface area contributed by atoms with Gasteiger partial charge in [-0.15, -0.1) is 0 Å². The van der Waals surface area contributed by atoms with Gasteiger partial charge in [0.1, 0.15) is 11.4 Å². The summed E-state index contributed by atoms with van der Waals surface area (Å²) >= 11 is 0. The molecule has 0 saturated heterocycles. The lowest BCUT2D eigenvalue weighted by Crippen LogP contribution is -2.07. The number of carbonyl (C=O) groups is 1. The van der Waals surface area contributed by atoms with Crippen molar-refractivity contribution in [2.24, 2.45) is 0 Å². The molecule has 82 valence electrons. The third-order valence-corrected chi connectivity index (χ3v) is 2.28. The molecule has 2 aromatic rings. The molecule has 0 aliphatic heterocycles. The summed E-state index contributed by atoms with van der Waals surface area (Å²) in [5, 5.41) is 6.33. The molecule has 1 aromatic carbocycles. The number of para-hydroxylation sites is 1. The smallest absolute Gasteiger partial charge is 0.212 e. The largest absolute Gasteiger partial charge is 0.495 e. The summed E-state index contributed by atoms with van der Waals surface area (Å²) < 4.78 is 5.05. The molecule has 16 heavy (non-hydrogen) atoms. The van der Waals surface area contributed by atoms with Gasteiger partial charge in [-0.05, 0) is 18.2 Å². The van der Waals surface area contributed by atoms with Gasteiger partial charge in [0.15, 0.2) is 0 Å². The topological polar surface area (TPSA) is 81.0 Å². The number of ketones is 1. The lowest BCUT2D eigenvalue weighted by Gasteiger charge is -2.07. The summed E-state index contributed by atoms with van der Waals surface area (Å²) in [5.41, 5.74) is 6.97. The fraction of sp³-hybridized carbons (Fsp3) is 0.0909. The van der Waals surface area contributed by atoms with Gasteiger partial charge in [-0.25, -0.2) is 0 Å². The zero-order chi connectivity index (χ0) is 11.5. The number of H-pyrrole nitrogens is 1. The lowest BCUT2D eigenvalue weighted by atomic mass is 10.1. The minimum Gasteiger partial charge on any atom is -0.495 e. The molecule has 5 heteroatoms. The van der Waals surface area contributed by atoms with Crippen molar-refractivity contribution >= 4 is 11.5 Å². The van der Waals surface area contributed by atoms with Crippen LogP contribution in [0.15, 0.2) is 30.5 Å². The van der Waals surface area contributed by atoms with E-state index in [2.05, 4.69) is 10.2 Å². The van der Waals surface area contributed by atoms with Crippen molar-refractivity contribution in [3.63, 3.8) is 0 Å². The number of hydrogen-bond donors (Lipinski definition) is 2. The maximum Gasteiger partial charge on any atom is 0.212 e. The monoisotopic (exact) mass is 217 g/mol. The number of aromatic amines is 1. The summed E-state index contributed by atoms with van der Waals surface area (Å²) in [7, 11) is 1.51. The number of hydrogen-bond acceptors (Lipinski definition) is 4. The molecule has 0 spiro atoms. The van der Waals surface area contributed by atoms with E-state index in [0.717, 1.165) is 0 Å². The van der Waals surface area contributed by atoms with E-state index in [1.807, 2.05) is 0 Å². The number of methoxy groups -OCH3 is 1. The molecular weight excluding hydrogens is 206 g/mol. The molecule has 5 nitrogen and oxygen atoms in total. The summed E-state index contributed by atoms with van der Waals surface area (Å²) in [4.78, 5) is 12.0. The maximum absolute atomic E-state index is 12.0. The number of anilines is 1. The van der Waals surface area contributed by atoms with Crippen LogP contribution in [-0.2, 0) is 0 Å². The summed E-state index contributed by atoms with van der Waals surface area (Å²) in [6, 6.07) is 6.68. The third kappa shape index (κ3) is 1.63. The normalized spacial score (nSPS) is 10.1. The summed E-state index contributed by atoms with van der Waals surface area (Å²) in [5.74, 6) is 0.291. The molecule has 0 atom stereocenters. The minimum atomic E-state index is -0.200. The first-order chi connectivity index (χ1) is 7.74. The average molecular weight is 217 g/mol. The highest BCUT2D eigenvalue weighted by molar-refractivity contribution is 6.11. The molecule has 2 rings (SSSR count). The molecule has 0 bridgehead atoms. The number of nitrogens with zero attached hydrogens (tertiary/aromatic N) is 1. The Labute approximate surface area is 92.2 Å². The second kappa shape index (κ2) is 4.06. The molecule has 3 N–H and O–H groups in total. The van der Waals surface area contributed by atoms with Crippen LogP contribution >= 0.6 is 0 Å². The first-order valence-corrected chi connectivity index (χ1v) is 4.70. The first-order valence-electron chi connectivity index (χ1n) is 4.70. The van der Waals surface area contributed by atoms with Crippen LogP contribution in [0.25, 0.3) is 0 Å². The molecule has 0 fully saturated rings. The Bertz CT molecular complexity index is 506. The van der Waals surface area contributed by atoms with Gasteiger partial charge in [0.25, 0.3) is 0 Å². The van der Waals surface area contributed by atoms with Crippen LogP contribution in [0.4, 0.5) is 5.69 Å². The minimum absolute atomic E-state index is 0.200. The van der Waals surface area contributed by atoms with E-state index in [0.29, 0.717) is 22.7 Å². The van der Waals surface area contributed by atoms with Crippen LogP contribution in [-0.4, -0.2) is 23.1 Å². The Morgan fingerprint density at radius 2 is 2.25 bits per heavy atom. The molecule has 0 saturated carbocycles. The molecule has 0 amide bonds. The first kappa shape index (κ1) is 10.2. The second-order valence-electron chi connectivity index (χ2n) is 3.22. The fourth-order valence-corrected chi connectivity index (χ4v) is 1.45. The van der Waals surface area contributed by atoms with E-state index in [1.165, 1.54) is 13.3 Å². The Kier molecular flexibility index (Phi) is 2.59. The fourth-order valence-electron chi connectivity index (χ4n) is 1.45. The Morgan fingerprint density at radius 1 is 1.44 bits per heavy atom. The maximum atomic E-state index is 12.0. The number of nitrogen functional groups attached to an aromatic ring is 1. The zero-order valence-electron chi connectivity index (χ0n) is 8.73. The van der Waals surface area contributed by atoms with Crippen molar-refractivity contribution in [3.8, 4) is 5.75 Å². The van der Waals surface area contributed by atoms with E-state index < -0.39 is 0 Å². The van der Waals surface area contributed by atoms with Crippen LogP contribution < -0.4 is 10.5 Å². The van der Waals surface area contributed by atoms with Gasteiger partial charge < -0.3 is 10.5 Å². The second-order valence-corrected chi connectivity index (χ2v) is 3.22. The molecular formula is C11H11N3O2. The van der Waals surface area contributed by atoms with Crippen molar-refractivity contribution in [3.05, 3.63) is 41.7 Å². The van der Waals surface area contributed by atoms with Crippen molar-refractivity contribution in [2.45, 2.75) is 0 Å². The summed E-state index contributed by atoms with van der Waals surface area (Å²) in [6.45, 7) is 0. The number of ether oxygens (including phenoxy) is 1. The molecule has 1 aromatic heterocycles. The van der Waals surface area contributed by atoms with Gasteiger partial charge in [-0.1, -0.05) is 6.07 Å². The molecule has 0 unspecified atom stereocenters. The van der Waals surface area contributed by atoms with Crippen LogP contribution in [0.1, 0.15) is 16.1 Å². The Morgan fingerprint density at radius 3 is 2.88 bits per heavy atom. The quantitative estimate of drug-likeness (QED) is 0.598. The highest BCUT2D eigenvalue weighted by Gasteiger charge is 2.15. The highest BCUT2D eigenvalue weighted by Crippen LogP contribution is 2.26. The number of rotatable bonds is 3. The van der Waals surface area contributed by atoms with Gasteiger partial charge in [-0.2, -0.15) is 5.10 Å². The predicted octanol–water partition coefficient (Wildman–Crippen LogP) is 1.23. The van der Waals surface area contributed by atoms with Crippen molar-refractivity contribution in [1.82, 2.24) is 10.2 Å².